The molecule has 4 saturated heterocycles. The van der Waals surface area contributed by atoms with Gasteiger partial charge in [-0.3, -0.25) is 14.5 Å². The molecule has 1 aromatic rings. The number of ether oxygens (including phenoxy) is 2. The minimum absolute atomic E-state index is 0.0359. The average Bonchev–Trinajstić information content (AvgIpc) is 3.10. The average molecular weight is 464 g/mol. The lowest BCUT2D eigenvalue weighted by atomic mass is 9.53. The normalized spacial score (nSPS) is 40.3. The van der Waals surface area contributed by atoms with E-state index in [9.17, 15) is 9.59 Å². The Morgan fingerprint density at radius 2 is 1.88 bits per heavy atom. The monoisotopic (exact) mass is 463 g/mol. The summed E-state index contributed by atoms with van der Waals surface area (Å²) in [5.74, 6) is 1.49. The van der Waals surface area contributed by atoms with Gasteiger partial charge in [-0.25, -0.2) is 0 Å². The Kier molecular flexibility index (Phi) is 3.66. The summed E-state index contributed by atoms with van der Waals surface area (Å²) in [6, 6.07) is 3.97. The predicted molar refractivity (Wildman–Crippen MR) is 127 cm³/mol. The maximum absolute atomic E-state index is 14.3. The van der Waals surface area contributed by atoms with Crippen LogP contribution in [-0.4, -0.2) is 46.5 Å². The first kappa shape index (κ1) is 20.8. The van der Waals surface area contributed by atoms with Crippen LogP contribution in [0.25, 0.3) is 0 Å². The number of carbonyl (C=O) groups excluding carboxylic acids is 2. The molecule has 4 atom stereocenters. The zero-order valence-electron chi connectivity index (χ0n) is 20.4. The van der Waals surface area contributed by atoms with Crippen molar-refractivity contribution in [1.82, 2.24) is 10.2 Å². The second-order valence-electron chi connectivity index (χ2n) is 12.5. The van der Waals surface area contributed by atoms with E-state index in [0.29, 0.717) is 17.2 Å². The molecule has 6 heterocycles. The highest BCUT2D eigenvalue weighted by Crippen LogP contribution is 2.71. The molecule has 1 aliphatic carbocycles. The molecule has 1 saturated carbocycles. The Morgan fingerprint density at radius 3 is 2.71 bits per heavy atom. The van der Waals surface area contributed by atoms with E-state index in [0.717, 1.165) is 50.8 Å². The van der Waals surface area contributed by atoms with Gasteiger partial charge in [-0.1, -0.05) is 19.9 Å². The molecule has 180 valence electrons. The van der Waals surface area contributed by atoms with Gasteiger partial charge in [-0.05, 0) is 81.5 Å². The van der Waals surface area contributed by atoms with E-state index in [1.54, 1.807) is 6.26 Å². The van der Waals surface area contributed by atoms with Gasteiger partial charge >= 0.3 is 0 Å². The standard InChI is InChI=1S/C27H33N3O4/c1-23(2)13-16-14-25-9-5-6-11-30(25)15-26(16,29-21(25)31)27(23)17-7-8-18-20(19(17)28-22(27)32)33-12-10-24(3,4)34-18/h7-8,10,12,16H,5-6,9,11,13-15H2,1-4H3,(H,28,32)(H,29,31)/t16-,25+,26-,27-/m1/s1. The molecule has 5 fully saturated rings. The van der Waals surface area contributed by atoms with Crippen molar-refractivity contribution in [2.24, 2.45) is 11.3 Å². The third-order valence-corrected chi connectivity index (χ3v) is 9.93. The van der Waals surface area contributed by atoms with Gasteiger partial charge in [0.15, 0.2) is 11.5 Å². The van der Waals surface area contributed by atoms with E-state index in [1.165, 1.54) is 0 Å². The second kappa shape index (κ2) is 5.99. The van der Waals surface area contributed by atoms with Crippen LogP contribution in [0.2, 0.25) is 0 Å². The van der Waals surface area contributed by atoms with Crippen LogP contribution in [0.5, 0.6) is 11.5 Å². The van der Waals surface area contributed by atoms with Crippen LogP contribution in [0.1, 0.15) is 65.4 Å². The van der Waals surface area contributed by atoms with Crippen LogP contribution < -0.4 is 20.1 Å². The number of nitrogens with one attached hydrogen (secondary N) is 2. The number of piperidine rings is 3. The molecule has 2 amide bonds. The van der Waals surface area contributed by atoms with E-state index in [4.69, 9.17) is 9.47 Å². The van der Waals surface area contributed by atoms with E-state index < -0.39 is 22.1 Å². The molecule has 7 heteroatoms. The topological polar surface area (TPSA) is 79.9 Å². The summed E-state index contributed by atoms with van der Waals surface area (Å²) in [7, 11) is 0. The Balaban J connectivity index is 1.45. The van der Waals surface area contributed by atoms with Gasteiger partial charge in [0.25, 0.3) is 0 Å². The number of hydrogen-bond donors (Lipinski definition) is 2. The summed E-state index contributed by atoms with van der Waals surface area (Å²) in [5, 5.41) is 6.73. The highest BCUT2D eigenvalue weighted by molar-refractivity contribution is 6.11. The maximum Gasteiger partial charge on any atom is 0.241 e. The van der Waals surface area contributed by atoms with Crippen molar-refractivity contribution < 1.29 is 19.1 Å². The third-order valence-electron chi connectivity index (χ3n) is 9.93. The minimum Gasteiger partial charge on any atom is -0.480 e. The number of rotatable bonds is 0. The second-order valence-corrected chi connectivity index (χ2v) is 12.5. The Labute approximate surface area is 200 Å². The van der Waals surface area contributed by atoms with Crippen LogP contribution in [0.3, 0.4) is 0 Å². The first-order valence-electron chi connectivity index (χ1n) is 12.7. The molecule has 6 aliphatic heterocycles. The van der Waals surface area contributed by atoms with Crippen LogP contribution >= 0.6 is 0 Å². The molecule has 7 aliphatic rings. The van der Waals surface area contributed by atoms with Gasteiger partial charge in [0, 0.05) is 6.54 Å². The first-order chi connectivity index (χ1) is 16.1. The fraction of sp³-hybridized carbons (Fsp3) is 0.630. The summed E-state index contributed by atoms with van der Waals surface area (Å²) in [6.45, 7) is 10.0. The molecule has 0 aromatic heterocycles. The lowest BCUT2D eigenvalue weighted by Gasteiger charge is -2.65. The number of anilines is 1. The van der Waals surface area contributed by atoms with Crippen molar-refractivity contribution in [1.29, 1.82) is 0 Å². The highest BCUT2D eigenvalue weighted by atomic mass is 16.5. The quantitative estimate of drug-likeness (QED) is 0.616. The zero-order chi connectivity index (χ0) is 23.7. The zero-order valence-corrected chi connectivity index (χ0v) is 20.4. The van der Waals surface area contributed by atoms with E-state index >= 15 is 0 Å². The van der Waals surface area contributed by atoms with E-state index in [1.807, 2.05) is 32.1 Å². The summed E-state index contributed by atoms with van der Waals surface area (Å²) >= 11 is 0. The Bertz CT molecular complexity index is 1190. The number of amides is 2. The fourth-order valence-corrected chi connectivity index (χ4v) is 8.74. The summed E-state index contributed by atoms with van der Waals surface area (Å²) in [6.07, 6.45) is 8.38. The van der Waals surface area contributed by atoms with Gasteiger partial charge in [-0.2, -0.15) is 0 Å². The maximum atomic E-state index is 14.3. The largest absolute Gasteiger partial charge is 0.480 e. The third kappa shape index (κ3) is 2.11. The molecule has 1 aromatic carbocycles. The van der Waals surface area contributed by atoms with Crippen molar-refractivity contribution in [3.05, 3.63) is 30.0 Å². The van der Waals surface area contributed by atoms with Crippen molar-refractivity contribution in [3.8, 4) is 11.5 Å². The molecular formula is C27H33N3O4. The van der Waals surface area contributed by atoms with Gasteiger partial charge < -0.3 is 20.1 Å². The summed E-state index contributed by atoms with van der Waals surface area (Å²) < 4.78 is 12.3. The van der Waals surface area contributed by atoms with E-state index in [2.05, 4.69) is 29.4 Å². The summed E-state index contributed by atoms with van der Waals surface area (Å²) in [5.41, 5.74) is -1.19. The molecular weight excluding hydrogens is 430 g/mol. The van der Waals surface area contributed by atoms with Gasteiger partial charge in [0.1, 0.15) is 16.6 Å². The van der Waals surface area contributed by atoms with Crippen molar-refractivity contribution in [2.45, 2.75) is 81.9 Å². The Morgan fingerprint density at radius 1 is 1.06 bits per heavy atom. The number of benzene rings is 1. The van der Waals surface area contributed by atoms with Crippen LogP contribution in [0, 0.1) is 11.3 Å². The first-order valence-corrected chi connectivity index (χ1v) is 12.7. The number of carbonyl (C=O) groups is 2. The van der Waals surface area contributed by atoms with Crippen molar-refractivity contribution >= 4 is 17.5 Å². The van der Waals surface area contributed by atoms with Gasteiger partial charge in [0.05, 0.1) is 17.5 Å². The van der Waals surface area contributed by atoms with Crippen LogP contribution in [0.15, 0.2) is 24.5 Å². The molecule has 2 bridgehead atoms. The number of nitrogens with zero attached hydrogens (tertiary/aromatic N) is 1. The van der Waals surface area contributed by atoms with Crippen molar-refractivity contribution in [3.63, 3.8) is 0 Å². The molecule has 3 spiro atoms. The number of fused-ring (bicyclic) bond motifs is 5. The Hall–Kier alpha value is -2.54. The van der Waals surface area contributed by atoms with Crippen LogP contribution in [-0.2, 0) is 15.0 Å². The van der Waals surface area contributed by atoms with Gasteiger partial charge in [0.2, 0.25) is 11.8 Å². The van der Waals surface area contributed by atoms with E-state index in [-0.39, 0.29) is 23.1 Å². The predicted octanol–water partition coefficient (Wildman–Crippen LogP) is 3.48. The molecule has 8 rings (SSSR count). The molecule has 34 heavy (non-hydrogen) atoms. The SMILES string of the molecule is CC1(C)C=COc2c(ccc3c2NC(=O)[C@@]32C(C)(C)C[C@@H]3C[C@]45CCCCN4C[C@@]32NC5=O)O1. The lowest BCUT2D eigenvalue weighted by molar-refractivity contribution is -0.170. The molecule has 2 N–H and O–H groups in total. The lowest BCUT2D eigenvalue weighted by Crippen LogP contribution is -2.85. The number of hydrogen-bond acceptors (Lipinski definition) is 5. The smallest absolute Gasteiger partial charge is 0.241 e. The number of piperazine rings is 1. The minimum atomic E-state index is -0.885. The summed E-state index contributed by atoms with van der Waals surface area (Å²) in [4.78, 5) is 30.4. The van der Waals surface area contributed by atoms with Crippen molar-refractivity contribution in [2.75, 3.05) is 18.4 Å². The fourth-order valence-electron chi connectivity index (χ4n) is 8.74. The molecule has 0 unspecified atom stereocenters. The molecule has 0 radical (unpaired) electrons. The van der Waals surface area contributed by atoms with Crippen LogP contribution in [0.4, 0.5) is 5.69 Å². The highest BCUT2D eigenvalue weighted by Gasteiger charge is 2.80. The molecule has 7 nitrogen and oxygen atoms in total. The van der Waals surface area contributed by atoms with Gasteiger partial charge in [-0.15, -0.1) is 0 Å².